The van der Waals surface area contributed by atoms with Crippen molar-refractivity contribution < 1.29 is 0 Å². The molecule has 0 radical (unpaired) electrons. The maximum Gasteiger partial charge on any atom is 0.0356 e. The fourth-order valence-electron chi connectivity index (χ4n) is 0.742. The Kier molecular flexibility index (Phi) is 4.85. The van der Waals surface area contributed by atoms with Crippen molar-refractivity contribution >= 4 is 24.0 Å². The zero-order valence-electron chi connectivity index (χ0n) is 5.58. The number of likely N-dealkylation sites (N-methyl/N-ethyl adjacent to an activating group) is 1. The van der Waals surface area contributed by atoms with Crippen molar-refractivity contribution in [2.75, 3.05) is 13.1 Å². The molecule has 0 atom stereocenters. The van der Waals surface area contributed by atoms with Gasteiger partial charge in [-0.25, -0.2) is 0 Å². The molecule has 1 nitrogen and oxygen atoms in total. The van der Waals surface area contributed by atoms with E-state index >= 15 is 0 Å². The Morgan fingerprint density at radius 1 is 1.44 bits per heavy atom. The molecule has 0 fully saturated rings. The Bertz CT molecular complexity index is 118. The van der Waals surface area contributed by atoms with Crippen LogP contribution < -0.4 is 0 Å². The van der Waals surface area contributed by atoms with Crippen LogP contribution in [0, 0.1) is 0 Å². The average molecular weight is 237 g/mol. The van der Waals surface area contributed by atoms with Gasteiger partial charge in [0, 0.05) is 13.1 Å². The smallest absolute Gasteiger partial charge is 0.0356 e. The molecule has 1 aliphatic rings. The largest absolute Gasteiger partial charge is 0.374 e. The summed E-state index contributed by atoms with van der Waals surface area (Å²) in [6.45, 7) is 4.34. The quantitative estimate of drug-likeness (QED) is 0.630. The van der Waals surface area contributed by atoms with Gasteiger partial charge in [-0.2, -0.15) is 0 Å². The molecule has 0 aliphatic carbocycles. The summed E-state index contributed by atoms with van der Waals surface area (Å²) in [5, 5.41) is 0. The van der Waals surface area contributed by atoms with E-state index in [1.807, 2.05) is 0 Å². The third-order valence-corrected chi connectivity index (χ3v) is 1.29. The van der Waals surface area contributed by atoms with E-state index in [4.69, 9.17) is 0 Å². The molecule has 0 bridgehead atoms. The van der Waals surface area contributed by atoms with Gasteiger partial charge in [0.25, 0.3) is 0 Å². The summed E-state index contributed by atoms with van der Waals surface area (Å²) < 4.78 is 0. The maximum absolute atomic E-state index is 2.25. The van der Waals surface area contributed by atoms with E-state index in [1.165, 1.54) is 0 Å². The lowest BCUT2D eigenvalue weighted by atomic mass is 10.3. The van der Waals surface area contributed by atoms with E-state index < -0.39 is 0 Å². The van der Waals surface area contributed by atoms with Gasteiger partial charge in [0.15, 0.2) is 0 Å². The molecule has 0 saturated carbocycles. The fourth-order valence-corrected chi connectivity index (χ4v) is 0.742. The third-order valence-electron chi connectivity index (χ3n) is 1.29. The van der Waals surface area contributed by atoms with Crippen LogP contribution in [-0.4, -0.2) is 18.0 Å². The Balaban J connectivity index is 0.000000640. The Morgan fingerprint density at radius 3 is 2.56 bits per heavy atom. The lowest BCUT2D eigenvalue weighted by molar-refractivity contribution is 0.436. The van der Waals surface area contributed by atoms with Gasteiger partial charge in [-0.1, -0.05) is 12.2 Å². The first-order chi connectivity index (χ1) is 3.93. The van der Waals surface area contributed by atoms with Gasteiger partial charge in [-0.05, 0) is 19.2 Å². The first-order valence-corrected chi connectivity index (χ1v) is 3.01. The van der Waals surface area contributed by atoms with Crippen molar-refractivity contribution in [1.29, 1.82) is 0 Å². The van der Waals surface area contributed by atoms with Crippen molar-refractivity contribution in [3.63, 3.8) is 0 Å². The molecule has 0 spiro atoms. The predicted octanol–water partition coefficient (Wildman–Crippen LogP) is 2.01. The molecule has 1 aliphatic heterocycles. The van der Waals surface area contributed by atoms with E-state index in [0.717, 1.165) is 13.1 Å². The van der Waals surface area contributed by atoms with Crippen LogP contribution in [0.2, 0.25) is 0 Å². The van der Waals surface area contributed by atoms with Gasteiger partial charge in [0.1, 0.15) is 0 Å². The van der Waals surface area contributed by atoms with Crippen LogP contribution in [0.3, 0.4) is 0 Å². The number of allylic oxidation sites excluding steroid dienone is 2. The number of hydrogen-bond donors (Lipinski definition) is 0. The zero-order valence-corrected chi connectivity index (χ0v) is 7.91. The summed E-state index contributed by atoms with van der Waals surface area (Å²) in [6, 6.07) is 0. The van der Waals surface area contributed by atoms with Crippen LogP contribution in [-0.2, 0) is 0 Å². The number of hydrogen-bond acceptors (Lipinski definition) is 1. The summed E-state index contributed by atoms with van der Waals surface area (Å²) in [7, 11) is 0. The maximum atomic E-state index is 2.25. The van der Waals surface area contributed by atoms with Crippen LogP contribution in [0.25, 0.3) is 0 Å². The Hall–Kier alpha value is 0.01000. The summed E-state index contributed by atoms with van der Waals surface area (Å²) >= 11 is 0. The zero-order chi connectivity index (χ0) is 5.82. The van der Waals surface area contributed by atoms with Crippen molar-refractivity contribution in [1.82, 2.24) is 4.90 Å². The van der Waals surface area contributed by atoms with Crippen molar-refractivity contribution in [2.24, 2.45) is 0 Å². The molecular formula is C7H12IN. The van der Waals surface area contributed by atoms with Gasteiger partial charge >= 0.3 is 0 Å². The highest BCUT2D eigenvalue weighted by molar-refractivity contribution is 14.0. The minimum absolute atomic E-state index is 0. The molecule has 9 heavy (non-hydrogen) atoms. The van der Waals surface area contributed by atoms with Crippen LogP contribution >= 0.6 is 24.0 Å². The molecule has 0 amide bonds. The Morgan fingerprint density at radius 2 is 2.22 bits per heavy atom. The van der Waals surface area contributed by atoms with Crippen LogP contribution in [0.4, 0.5) is 0 Å². The fraction of sp³-hybridized carbons (Fsp3) is 0.429. The summed E-state index contributed by atoms with van der Waals surface area (Å²) in [5.74, 6) is 0. The molecule has 0 saturated heterocycles. The van der Waals surface area contributed by atoms with Gasteiger partial charge in [-0.15, -0.1) is 24.0 Å². The molecule has 0 N–H and O–H groups in total. The van der Waals surface area contributed by atoms with Gasteiger partial charge in [0.05, 0.1) is 0 Å². The van der Waals surface area contributed by atoms with E-state index in [0.29, 0.717) is 0 Å². The minimum Gasteiger partial charge on any atom is -0.374 e. The average Bonchev–Trinajstić information content (AvgIpc) is 1.90. The second-order valence-electron chi connectivity index (χ2n) is 1.86. The summed E-state index contributed by atoms with van der Waals surface area (Å²) in [4.78, 5) is 2.25. The molecule has 0 aromatic rings. The van der Waals surface area contributed by atoms with Crippen LogP contribution in [0.1, 0.15) is 6.92 Å². The highest BCUT2D eigenvalue weighted by Crippen LogP contribution is 1.95. The monoisotopic (exact) mass is 237 g/mol. The molecular weight excluding hydrogens is 225 g/mol. The van der Waals surface area contributed by atoms with Crippen molar-refractivity contribution in [3.05, 3.63) is 24.4 Å². The molecule has 0 unspecified atom stereocenters. The second-order valence-corrected chi connectivity index (χ2v) is 1.86. The summed E-state index contributed by atoms with van der Waals surface area (Å²) in [5.41, 5.74) is 0. The van der Waals surface area contributed by atoms with Crippen LogP contribution in [0.15, 0.2) is 24.4 Å². The molecule has 2 heteroatoms. The number of nitrogens with zero attached hydrogens (tertiary/aromatic N) is 1. The lowest BCUT2D eigenvalue weighted by Gasteiger charge is -2.16. The molecule has 0 aromatic heterocycles. The third kappa shape index (κ3) is 2.89. The lowest BCUT2D eigenvalue weighted by Crippen LogP contribution is -2.17. The Labute approximate surface area is 73.4 Å². The van der Waals surface area contributed by atoms with Crippen molar-refractivity contribution in [3.8, 4) is 0 Å². The SMILES string of the molecule is CCN1C=CC=CC1.I. The molecule has 0 aromatic carbocycles. The minimum atomic E-state index is 0. The van der Waals surface area contributed by atoms with Gasteiger partial charge in [0.2, 0.25) is 0 Å². The number of rotatable bonds is 1. The van der Waals surface area contributed by atoms with Crippen molar-refractivity contribution in [2.45, 2.75) is 6.92 Å². The van der Waals surface area contributed by atoms with Crippen LogP contribution in [0.5, 0.6) is 0 Å². The van der Waals surface area contributed by atoms with E-state index in [2.05, 4.69) is 36.3 Å². The van der Waals surface area contributed by atoms with Gasteiger partial charge in [-0.3, -0.25) is 0 Å². The summed E-state index contributed by atoms with van der Waals surface area (Å²) in [6.07, 6.45) is 8.41. The first kappa shape index (κ1) is 9.01. The van der Waals surface area contributed by atoms with E-state index in [-0.39, 0.29) is 24.0 Å². The highest BCUT2D eigenvalue weighted by Gasteiger charge is 1.91. The predicted molar refractivity (Wildman–Crippen MR) is 50.9 cm³/mol. The van der Waals surface area contributed by atoms with E-state index in [1.54, 1.807) is 0 Å². The topological polar surface area (TPSA) is 3.24 Å². The molecule has 52 valence electrons. The highest BCUT2D eigenvalue weighted by atomic mass is 127. The van der Waals surface area contributed by atoms with E-state index in [9.17, 15) is 0 Å². The second kappa shape index (κ2) is 4.85. The standard InChI is InChI=1S/C7H11N.HI/c1-2-8-6-4-3-5-7-8;/h3-6H,2,7H2,1H3;1H. The molecule has 1 heterocycles. The first-order valence-electron chi connectivity index (χ1n) is 3.01. The van der Waals surface area contributed by atoms with Gasteiger partial charge < -0.3 is 4.90 Å². The molecule has 1 rings (SSSR count). The normalized spacial score (nSPS) is 15.4. The number of halogens is 1.